The van der Waals surface area contributed by atoms with E-state index in [2.05, 4.69) is 5.32 Å². The number of aromatic nitrogens is 1. The van der Waals surface area contributed by atoms with Crippen molar-refractivity contribution in [1.82, 2.24) is 4.57 Å². The molecule has 2 aromatic carbocycles. The molecule has 1 unspecified atom stereocenters. The van der Waals surface area contributed by atoms with Gasteiger partial charge in [-0.2, -0.15) is 0 Å². The van der Waals surface area contributed by atoms with Crippen LogP contribution < -0.4 is 11.1 Å². The molecule has 1 aromatic heterocycles. The van der Waals surface area contributed by atoms with E-state index in [0.29, 0.717) is 23.3 Å². The fourth-order valence-electron chi connectivity index (χ4n) is 3.27. The molecule has 0 fully saturated rings. The number of phenols is 1. The van der Waals surface area contributed by atoms with E-state index in [0.717, 1.165) is 11.1 Å². The molecule has 1 aliphatic heterocycles. The van der Waals surface area contributed by atoms with Crippen molar-refractivity contribution in [3.63, 3.8) is 0 Å². The third kappa shape index (κ3) is 2.27. The molecule has 0 bridgehead atoms. The van der Waals surface area contributed by atoms with Crippen molar-refractivity contribution in [1.29, 1.82) is 0 Å². The average Bonchev–Trinajstić information content (AvgIpc) is 2.85. The molecular weight excluding hydrogens is 308 g/mol. The van der Waals surface area contributed by atoms with Gasteiger partial charge in [0.1, 0.15) is 5.75 Å². The van der Waals surface area contributed by atoms with Gasteiger partial charge in [0, 0.05) is 30.6 Å². The highest BCUT2D eigenvalue weighted by atomic mass is 16.4. The molecule has 122 valence electrons. The quantitative estimate of drug-likeness (QED) is 0.759. The van der Waals surface area contributed by atoms with E-state index in [1.54, 1.807) is 16.7 Å². The van der Waals surface area contributed by atoms with Gasteiger partial charge in [-0.05, 0) is 36.2 Å². The van der Waals surface area contributed by atoms with Gasteiger partial charge in [-0.15, -0.1) is 0 Å². The van der Waals surface area contributed by atoms with Crippen molar-refractivity contribution >= 4 is 22.7 Å². The molecule has 0 radical (unpaired) electrons. The first-order valence-corrected chi connectivity index (χ1v) is 7.74. The first-order valence-electron chi connectivity index (χ1n) is 7.74. The molecule has 0 saturated heterocycles. The fraction of sp³-hybridized carbons (Fsp3) is 0.222. The molecule has 2 heterocycles. The highest BCUT2D eigenvalue weighted by molar-refractivity contribution is 5.95. The first kappa shape index (κ1) is 14.6. The summed E-state index contributed by atoms with van der Waals surface area (Å²) < 4.78 is 6.83. The topological polar surface area (TPSA) is 84.5 Å². The highest BCUT2D eigenvalue weighted by Gasteiger charge is 2.27. The third-order valence-corrected chi connectivity index (χ3v) is 4.49. The number of carbonyl (C=O) groups is 1. The van der Waals surface area contributed by atoms with Gasteiger partial charge in [-0.1, -0.05) is 12.1 Å². The van der Waals surface area contributed by atoms with Gasteiger partial charge < -0.3 is 14.8 Å². The van der Waals surface area contributed by atoms with Crippen LogP contribution in [0.5, 0.6) is 5.75 Å². The van der Waals surface area contributed by atoms with Gasteiger partial charge in [0.05, 0.1) is 5.52 Å². The van der Waals surface area contributed by atoms with Crippen LogP contribution in [0.15, 0.2) is 45.6 Å². The fourth-order valence-corrected chi connectivity index (χ4v) is 3.27. The largest absolute Gasteiger partial charge is 0.508 e. The predicted molar refractivity (Wildman–Crippen MR) is 89.3 cm³/mol. The summed E-state index contributed by atoms with van der Waals surface area (Å²) in [6, 6.07) is 10.7. The highest BCUT2D eigenvalue weighted by Crippen LogP contribution is 2.37. The number of hydrogen-bond acceptors (Lipinski definition) is 4. The number of anilines is 1. The number of phenolic OH excluding ortho intramolecular Hbond substituents is 1. The molecule has 24 heavy (non-hydrogen) atoms. The lowest BCUT2D eigenvalue weighted by atomic mass is 9.89. The predicted octanol–water partition coefficient (Wildman–Crippen LogP) is 2.73. The second-order valence-corrected chi connectivity index (χ2v) is 6.12. The number of oxazole rings is 1. The summed E-state index contributed by atoms with van der Waals surface area (Å²) in [5.74, 6) is -0.580. The number of aryl methyl sites for hydroxylation is 1. The Balaban J connectivity index is 1.80. The monoisotopic (exact) mass is 324 g/mol. The number of hydrogen-bond donors (Lipinski definition) is 2. The Labute approximate surface area is 137 Å². The van der Waals surface area contributed by atoms with Crippen molar-refractivity contribution in [2.24, 2.45) is 0 Å². The number of fused-ring (bicyclic) bond motifs is 2. The summed E-state index contributed by atoms with van der Waals surface area (Å²) >= 11 is 0. The van der Waals surface area contributed by atoms with Crippen molar-refractivity contribution in [3.8, 4) is 5.75 Å². The van der Waals surface area contributed by atoms with Crippen LogP contribution in [-0.2, 0) is 11.3 Å². The van der Waals surface area contributed by atoms with Crippen molar-refractivity contribution in [2.75, 3.05) is 5.32 Å². The molecule has 2 N–H and O–H groups in total. The van der Waals surface area contributed by atoms with Crippen molar-refractivity contribution in [2.45, 2.75) is 25.8 Å². The Kier molecular flexibility index (Phi) is 3.19. The van der Waals surface area contributed by atoms with Gasteiger partial charge in [-0.3, -0.25) is 9.36 Å². The summed E-state index contributed by atoms with van der Waals surface area (Å²) in [6.45, 7) is 2.16. The minimum atomic E-state index is -0.431. The number of carbonyl (C=O) groups excluding carboxylic acids is 1. The first-order chi connectivity index (χ1) is 11.5. The van der Waals surface area contributed by atoms with E-state index >= 15 is 0 Å². The smallest absolute Gasteiger partial charge is 0.419 e. The molecule has 6 nitrogen and oxygen atoms in total. The second kappa shape index (κ2) is 5.26. The molecule has 1 atom stereocenters. The van der Waals surface area contributed by atoms with E-state index in [-0.39, 0.29) is 24.0 Å². The Morgan fingerprint density at radius 3 is 2.92 bits per heavy atom. The van der Waals surface area contributed by atoms with Crippen LogP contribution in [-0.4, -0.2) is 15.6 Å². The molecule has 3 aromatic rings. The molecule has 0 aliphatic carbocycles. The lowest BCUT2D eigenvalue weighted by Gasteiger charge is -2.26. The lowest BCUT2D eigenvalue weighted by Crippen LogP contribution is -2.28. The Morgan fingerprint density at radius 1 is 1.29 bits per heavy atom. The molecule has 0 spiro atoms. The van der Waals surface area contributed by atoms with Gasteiger partial charge in [0.15, 0.2) is 5.58 Å². The summed E-state index contributed by atoms with van der Waals surface area (Å²) in [4.78, 5) is 24.2. The normalized spacial score (nSPS) is 16.9. The zero-order chi connectivity index (χ0) is 16.8. The molecule has 4 rings (SSSR count). The molecule has 1 amide bonds. The van der Waals surface area contributed by atoms with Crippen LogP contribution in [0.1, 0.15) is 23.5 Å². The van der Waals surface area contributed by atoms with Crippen LogP contribution in [0.3, 0.4) is 0 Å². The number of amides is 1. The minimum absolute atomic E-state index is 0.128. The number of rotatable bonds is 2. The maximum atomic E-state index is 12.2. The van der Waals surface area contributed by atoms with E-state index in [4.69, 9.17) is 4.42 Å². The van der Waals surface area contributed by atoms with E-state index in [1.165, 1.54) is 0 Å². The average molecular weight is 324 g/mol. The van der Waals surface area contributed by atoms with Crippen LogP contribution in [0.2, 0.25) is 0 Å². The van der Waals surface area contributed by atoms with Crippen LogP contribution in [0.25, 0.3) is 11.1 Å². The van der Waals surface area contributed by atoms with E-state index in [9.17, 15) is 14.7 Å². The molecule has 1 aliphatic rings. The summed E-state index contributed by atoms with van der Waals surface area (Å²) in [5, 5.41) is 12.6. The Bertz CT molecular complexity index is 1020. The maximum absolute atomic E-state index is 12.2. The number of nitrogens with one attached hydrogen (secondary N) is 1. The van der Waals surface area contributed by atoms with E-state index in [1.807, 2.05) is 31.2 Å². The standard InChI is InChI=1S/C18H16N2O4/c1-10-6-12-11(7-17(22)19-13(12)8-15(10)21)9-20-14-4-2-3-5-16(14)24-18(20)23/h2-6,8,11,21H,7,9H2,1H3,(H,19,22). The van der Waals surface area contributed by atoms with Crippen LogP contribution >= 0.6 is 0 Å². The SMILES string of the molecule is Cc1cc2c(cc1O)NC(=O)CC2Cn1c(=O)oc2ccccc21. The minimum Gasteiger partial charge on any atom is -0.508 e. The Morgan fingerprint density at radius 2 is 2.08 bits per heavy atom. The van der Waals surface area contributed by atoms with E-state index < -0.39 is 5.76 Å². The van der Waals surface area contributed by atoms with Gasteiger partial charge in [0.25, 0.3) is 0 Å². The molecule has 6 heteroatoms. The third-order valence-electron chi connectivity index (χ3n) is 4.49. The van der Waals surface area contributed by atoms with Crippen LogP contribution in [0, 0.1) is 6.92 Å². The number of nitrogens with zero attached hydrogens (tertiary/aromatic N) is 1. The number of aromatic hydroxyl groups is 1. The lowest BCUT2D eigenvalue weighted by molar-refractivity contribution is -0.116. The van der Waals surface area contributed by atoms with Gasteiger partial charge >= 0.3 is 5.76 Å². The molecule has 0 saturated carbocycles. The number of para-hydroxylation sites is 2. The summed E-state index contributed by atoms with van der Waals surface area (Å²) in [6.07, 6.45) is 0.281. The van der Waals surface area contributed by atoms with Crippen LogP contribution in [0.4, 0.5) is 5.69 Å². The summed E-state index contributed by atoms with van der Waals surface area (Å²) in [5.41, 5.74) is 3.50. The summed E-state index contributed by atoms with van der Waals surface area (Å²) in [7, 11) is 0. The molecular formula is C18H16N2O4. The maximum Gasteiger partial charge on any atom is 0.419 e. The second-order valence-electron chi connectivity index (χ2n) is 6.12. The van der Waals surface area contributed by atoms with Gasteiger partial charge in [0.2, 0.25) is 5.91 Å². The zero-order valence-electron chi connectivity index (χ0n) is 13.1. The van der Waals surface area contributed by atoms with Crippen molar-refractivity contribution < 1.29 is 14.3 Å². The zero-order valence-corrected chi connectivity index (χ0v) is 13.1. The van der Waals surface area contributed by atoms with Crippen molar-refractivity contribution in [3.05, 3.63) is 58.1 Å². The van der Waals surface area contributed by atoms with Gasteiger partial charge in [-0.25, -0.2) is 4.79 Å². The Hall–Kier alpha value is -3.02. The number of benzene rings is 2.